The van der Waals surface area contributed by atoms with Crippen LogP contribution in [0.4, 0.5) is 5.00 Å². The van der Waals surface area contributed by atoms with E-state index in [0.29, 0.717) is 16.3 Å². The molecule has 3 aromatic rings. The number of hydrogen-bond acceptors (Lipinski definition) is 5. The van der Waals surface area contributed by atoms with Gasteiger partial charge in [0.15, 0.2) is 0 Å². The van der Waals surface area contributed by atoms with Crippen molar-refractivity contribution in [2.24, 2.45) is 0 Å². The van der Waals surface area contributed by atoms with Gasteiger partial charge in [0, 0.05) is 17.0 Å². The summed E-state index contributed by atoms with van der Waals surface area (Å²) in [5.41, 5.74) is 2.82. The lowest BCUT2D eigenvalue weighted by Crippen LogP contribution is -2.15. The van der Waals surface area contributed by atoms with Crippen LogP contribution in [-0.4, -0.2) is 25.1 Å². The molecule has 154 valence electrons. The monoisotopic (exact) mass is 421 g/mol. The lowest BCUT2D eigenvalue weighted by Gasteiger charge is -2.10. The van der Waals surface area contributed by atoms with Crippen molar-refractivity contribution in [2.75, 3.05) is 18.5 Å². The topological polar surface area (TPSA) is 64.6 Å². The Kier molecular flexibility index (Phi) is 7.40. The summed E-state index contributed by atoms with van der Waals surface area (Å²) in [7, 11) is 0. The number of amides is 1. The van der Waals surface area contributed by atoms with Crippen LogP contribution in [0.25, 0.3) is 11.1 Å². The average molecular weight is 422 g/mol. The summed E-state index contributed by atoms with van der Waals surface area (Å²) >= 11 is 1.30. The predicted octanol–water partition coefficient (Wildman–Crippen LogP) is 5.56. The highest BCUT2D eigenvalue weighted by Crippen LogP contribution is 2.36. The summed E-state index contributed by atoms with van der Waals surface area (Å²) in [6.07, 6.45) is 1.49. The van der Waals surface area contributed by atoms with Crippen molar-refractivity contribution in [3.63, 3.8) is 0 Å². The molecular formula is C24H23NO4S. The SMILES string of the molecule is CC(C)=CC(=O)Nc1scc(-c2ccccc2)c1C(=O)OCCOc1ccccc1. The molecule has 0 aliphatic carbocycles. The zero-order valence-electron chi connectivity index (χ0n) is 16.9. The number of esters is 1. The first-order valence-electron chi connectivity index (χ1n) is 9.52. The minimum absolute atomic E-state index is 0.0964. The van der Waals surface area contributed by atoms with E-state index < -0.39 is 5.97 Å². The van der Waals surface area contributed by atoms with Crippen LogP contribution < -0.4 is 10.1 Å². The minimum Gasteiger partial charge on any atom is -0.490 e. The van der Waals surface area contributed by atoms with E-state index in [4.69, 9.17) is 9.47 Å². The molecule has 0 bridgehead atoms. The Morgan fingerprint density at radius 1 is 0.967 bits per heavy atom. The number of thiophene rings is 1. The van der Waals surface area contributed by atoms with Crippen LogP contribution in [0.1, 0.15) is 24.2 Å². The molecule has 0 radical (unpaired) electrons. The van der Waals surface area contributed by atoms with Gasteiger partial charge in [0.25, 0.3) is 0 Å². The Morgan fingerprint density at radius 3 is 2.30 bits per heavy atom. The van der Waals surface area contributed by atoms with Gasteiger partial charge < -0.3 is 14.8 Å². The van der Waals surface area contributed by atoms with Gasteiger partial charge in [-0.25, -0.2) is 4.79 Å². The zero-order valence-corrected chi connectivity index (χ0v) is 17.7. The number of rotatable bonds is 8. The molecule has 0 atom stereocenters. The van der Waals surface area contributed by atoms with E-state index in [9.17, 15) is 9.59 Å². The molecule has 0 aliphatic heterocycles. The van der Waals surface area contributed by atoms with Crippen LogP contribution in [0.3, 0.4) is 0 Å². The van der Waals surface area contributed by atoms with E-state index in [0.717, 1.165) is 16.7 Å². The third-order valence-corrected chi connectivity index (χ3v) is 4.96. The Bertz CT molecular complexity index is 1020. The van der Waals surface area contributed by atoms with Gasteiger partial charge in [-0.15, -0.1) is 11.3 Å². The highest BCUT2D eigenvalue weighted by molar-refractivity contribution is 7.15. The Morgan fingerprint density at radius 2 is 1.63 bits per heavy atom. The molecule has 0 saturated carbocycles. The van der Waals surface area contributed by atoms with E-state index in [1.54, 1.807) is 0 Å². The number of carbonyl (C=O) groups is 2. The molecule has 0 unspecified atom stereocenters. The van der Waals surface area contributed by atoms with Crippen LogP contribution in [0, 0.1) is 0 Å². The van der Waals surface area contributed by atoms with Gasteiger partial charge in [0.05, 0.1) is 0 Å². The van der Waals surface area contributed by atoms with E-state index in [1.165, 1.54) is 17.4 Å². The lowest BCUT2D eigenvalue weighted by atomic mass is 10.0. The van der Waals surface area contributed by atoms with Crippen molar-refractivity contribution in [3.05, 3.63) is 83.3 Å². The van der Waals surface area contributed by atoms with Crippen molar-refractivity contribution in [1.82, 2.24) is 0 Å². The first kappa shape index (κ1) is 21.3. The number of anilines is 1. The average Bonchev–Trinajstić information content (AvgIpc) is 3.15. The van der Waals surface area contributed by atoms with E-state index >= 15 is 0 Å². The van der Waals surface area contributed by atoms with Crippen molar-refractivity contribution >= 4 is 28.2 Å². The molecule has 5 nitrogen and oxygen atoms in total. The van der Waals surface area contributed by atoms with Gasteiger partial charge in [0.1, 0.15) is 29.5 Å². The predicted molar refractivity (Wildman–Crippen MR) is 120 cm³/mol. The van der Waals surface area contributed by atoms with Gasteiger partial charge >= 0.3 is 5.97 Å². The molecule has 0 saturated heterocycles. The van der Waals surface area contributed by atoms with Gasteiger partial charge in [-0.05, 0) is 31.5 Å². The van der Waals surface area contributed by atoms with Crippen LogP contribution >= 0.6 is 11.3 Å². The molecular weight excluding hydrogens is 398 g/mol. The van der Waals surface area contributed by atoms with Gasteiger partial charge in [-0.3, -0.25) is 4.79 Å². The van der Waals surface area contributed by atoms with Gasteiger partial charge in [-0.1, -0.05) is 54.1 Å². The third-order valence-electron chi connectivity index (χ3n) is 4.06. The molecule has 6 heteroatoms. The zero-order chi connectivity index (χ0) is 21.3. The largest absolute Gasteiger partial charge is 0.490 e. The van der Waals surface area contributed by atoms with Crippen molar-refractivity contribution in [2.45, 2.75) is 13.8 Å². The Hall–Kier alpha value is -3.38. The van der Waals surface area contributed by atoms with Crippen LogP contribution in [-0.2, 0) is 9.53 Å². The molecule has 30 heavy (non-hydrogen) atoms. The molecule has 0 fully saturated rings. The first-order valence-corrected chi connectivity index (χ1v) is 10.4. The number of benzene rings is 2. The minimum atomic E-state index is -0.501. The fourth-order valence-corrected chi connectivity index (χ4v) is 3.74. The highest BCUT2D eigenvalue weighted by Gasteiger charge is 2.22. The molecule has 1 N–H and O–H groups in total. The number of hydrogen-bond donors (Lipinski definition) is 1. The number of nitrogens with one attached hydrogen (secondary N) is 1. The Labute approximate surface area is 180 Å². The fraction of sp³-hybridized carbons (Fsp3) is 0.167. The van der Waals surface area contributed by atoms with E-state index in [2.05, 4.69) is 5.32 Å². The second kappa shape index (κ2) is 10.4. The molecule has 1 amide bonds. The molecule has 2 aromatic carbocycles. The molecule has 3 rings (SSSR count). The maximum atomic E-state index is 12.9. The van der Waals surface area contributed by atoms with Crippen LogP contribution in [0.15, 0.2) is 77.7 Å². The summed E-state index contributed by atoms with van der Waals surface area (Å²) in [5.74, 6) is -0.0686. The van der Waals surface area contributed by atoms with Crippen LogP contribution in [0.2, 0.25) is 0 Å². The number of allylic oxidation sites excluding steroid dienone is 1. The summed E-state index contributed by atoms with van der Waals surface area (Å²) in [4.78, 5) is 25.1. The summed E-state index contributed by atoms with van der Waals surface area (Å²) in [6, 6.07) is 18.9. The maximum Gasteiger partial charge on any atom is 0.341 e. The van der Waals surface area contributed by atoms with Crippen molar-refractivity contribution in [1.29, 1.82) is 0 Å². The smallest absolute Gasteiger partial charge is 0.341 e. The summed E-state index contributed by atoms with van der Waals surface area (Å²) in [5, 5.41) is 5.12. The fourth-order valence-electron chi connectivity index (χ4n) is 2.78. The second-order valence-corrected chi connectivity index (χ2v) is 7.61. The van der Waals surface area contributed by atoms with Gasteiger partial charge in [0.2, 0.25) is 5.91 Å². The third kappa shape index (κ3) is 5.81. The first-order chi connectivity index (χ1) is 14.5. The lowest BCUT2D eigenvalue weighted by molar-refractivity contribution is -0.111. The number of carbonyl (C=O) groups excluding carboxylic acids is 2. The van der Waals surface area contributed by atoms with Crippen molar-refractivity contribution < 1.29 is 19.1 Å². The number of para-hydroxylation sites is 1. The van der Waals surface area contributed by atoms with E-state index in [-0.39, 0.29) is 19.1 Å². The van der Waals surface area contributed by atoms with Crippen molar-refractivity contribution in [3.8, 4) is 16.9 Å². The molecule has 0 spiro atoms. The van der Waals surface area contributed by atoms with E-state index in [1.807, 2.05) is 79.9 Å². The maximum absolute atomic E-state index is 12.9. The van der Waals surface area contributed by atoms with Gasteiger partial charge in [-0.2, -0.15) is 0 Å². The highest BCUT2D eigenvalue weighted by atomic mass is 32.1. The molecule has 1 heterocycles. The summed E-state index contributed by atoms with van der Waals surface area (Å²) in [6.45, 7) is 4.01. The summed E-state index contributed by atoms with van der Waals surface area (Å²) < 4.78 is 11.0. The normalized spacial score (nSPS) is 10.2. The number of ether oxygens (including phenoxy) is 2. The Balaban J connectivity index is 1.75. The second-order valence-electron chi connectivity index (χ2n) is 6.73. The molecule has 1 aromatic heterocycles. The standard InChI is InChI=1S/C24H23NO4S/c1-17(2)15-21(26)25-23-22(20(16-30-23)18-9-5-3-6-10-18)24(27)29-14-13-28-19-11-7-4-8-12-19/h3-12,15-16H,13-14H2,1-2H3,(H,25,26). The van der Waals surface area contributed by atoms with Crippen LogP contribution in [0.5, 0.6) is 5.75 Å². The quantitative estimate of drug-likeness (QED) is 0.294. The molecule has 0 aliphatic rings.